The molecule has 0 unspecified atom stereocenters. The second-order valence-electron chi connectivity index (χ2n) is 4.32. The first-order chi connectivity index (χ1) is 10.2. The third kappa shape index (κ3) is 2.72. The summed E-state index contributed by atoms with van der Waals surface area (Å²) < 4.78 is 6.67. The molecule has 0 aliphatic carbocycles. The van der Waals surface area contributed by atoms with Gasteiger partial charge in [0.25, 0.3) is 0 Å². The normalized spacial score (nSPS) is 10.5. The Kier molecular flexibility index (Phi) is 3.81. The molecule has 0 radical (unpaired) electrons. The number of aromatic nitrogens is 2. The Morgan fingerprint density at radius 2 is 1.95 bits per heavy atom. The van der Waals surface area contributed by atoms with Crippen molar-refractivity contribution < 1.29 is 4.74 Å². The summed E-state index contributed by atoms with van der Waals surface area (Å²) in [5, 5.41) is 9.93. The molecule has 0 bridgehead atoms. The molecule has 0 atom stereocenters. The van der Waals surface area contributed by atoms with Gasteiger partial charge < -0.3 is 10.5 Å². The van der Waals surface area contributed by atoms with Crippen molar-refractivity contribution in [3.63, 3.8) is 0 Å². The van der Waals surface area contributed by atoms with Crippen molar-refractivity contribution in [2.75, 3.05) is 0 Å². The average molecular weight is 360 g/mol. The van der Waals surface area contributed by atoms with Gasteiger partial charge in [-0.1, -0.05) is 42.5 Å². The van der Waals surface area contributed by atoms with Crippen molar-refractivity contribution in [1.82, 2.24) is 10.2 Å². The minimum absolute atomic E-state index is 0.219. The number of hydrogen-bond donors (Lipinski definition) is 1. The molecule has 1 aromatic heterocycles. The quantitative estimate of drug-likeness (QED) is 0.720. The summed E-state index contributed by atoms with van der Waals surface area (Å²) in [5.74, 6) is 0.924. The monoisotopic (exact) mass is 359 g/mol. The number of ether oxygens (including phenoxy) is 1. The first kappa shape index (κ1) is 13.9. The Morgan fingerprint density at radius 1 is 1.14 bits per heavy atom. The molecule has 3 rings (SSSR count). The number of nitrogens with two attached hydrogens (primary N) is 1. The molecular formula is C15H10BrN3OS. The molecule has 0 saturated heterocycles. The minimum Gasteiger partial charge on any atom is -0.436 e. The maximum absolute atomic E-state index is 5.82. The zero-order chi connectivity index (χ0) is 14.8. The number of halogens is 1. The third-order valence-corrected chi connectivity index (χ3v) is 4.02. The topological polar surface area (TPSA) is 61.0 Å². The Bertz CT molecular complexity index is 838. The summed E-state index contributed by atoms with van der Waals surface area (Å²) in [6.45, 7) is 0. The van der Waals surface area contributed by atoms with E-state index in [1.54, 1.807) is 6.07 Å². The fraction of sp³-hybridized carbons (Fsp3) is 0. The Morgan fingerprint density at radius 3 is 2.76 bits per heavy atom. The van der Waals surface area contributed by atoms with Crippen LogP contribution in [-0.2, 0) is 0 Å². The second kappa shape index (κ2) is 5.75. The van der Waals surface area contributed by atoms with E-state index in [1.165, 1.54) is 6.20 Å². The lowest BCUT2D eigenvalue weighted by Crippen LogP contribution is -2.12. The van der Waals surface area contributed by atoms with Crippen LogP contribution in [0.4, 0.5) is 0 Å². The minimum atomic E-state index is 0.219. The van der Waals surface area contributed by atoms with Crippen LogP contribution in [-0.4, -0.2) is 15.2 Å². The summed E-state index contributed by atoms with van der Waals surface area (Å²) >= 11 is 8.56. The summed E-state index contributed by atoms with van der Waals surface area (Å²) in [6.07, 6.45) is 1.52. The fourth-order valence-electron chi connectivity index (χ4n) is 1.98. The summed E-state index contributed by atoms with van der Waals surface area (Å²) in [6, 6.07) is 13.5. The molecule has 0 saturated carbocycles. The van der Waals surface area contributed by atoms with Gasteiger partial charge in [-0.3, -0.25) is 0 Å². The lowest BCUT2D eigenvalue weighted by atomic mass is 10.1. The highest BCUT2D eigenvalue weighted by atomic mass is 79.9. The highest BCUT2D eigenvalue weighted by Crippen LogP contribution is 2.35. The van der Waals surface area contributed by atoms with Crippen molar-refractivity contribution in [3.05, 3.63) is 58.7 Å². The number of nitrogens with zero attached hydrogens (tertiary/aromatic N) is 2. The smallest absolute Gasteiger partial charge is 0.249 e. The molecule has 0 aliphatic rings. The van der Waals surface area contributed by atoms with E-state index < -0.39 is 0 Å². The van der Waals surface area contributed by atoms with Gasteiger partial charge in [-0.25, -0.2) is 0 Å². The van der Waals surface area contributed by atoms with E-state index >= 15 is 0 Å². The Labute approximate surface area is 135 Å². The third-order valence-electron chi connectivity index (χ3n) is 2.99. The summed E-state index contributed by atoms with van der Waals surface area (Å²) in [4.78, 5) is 0.219. The van der Waals surface area contributed by atoms with Crippen molar-refractivity contribution in [2.45, 2.75) is 0 Å². The van der Waals surface area contributed by atoms with Crippen LogP contribution in [0, 0.1) is 0 Å². The highest BCUT2D eigenvalue weighted by Gasteiger charge is 2.12. The zero-order valence-electron chi connectivity index (χ0n) is 10.8. The molecule has 0 spiro atoms. The van der Waals surface area contributed by atoms with E-state index in [0.717, 1.165) is 15.2 Å². The molecule has 2 N–H and O–H groups in total. The van der Waals surface area contributed by atoms with Crippen molar-refractivity contribution in [1.29, 1.82) is 0 Å². The molecular weight excluding hydrogens is 350 g/mol. The Hall–Kier alpha value is -2.05. The van der Waals surface area contributed by atoms with E-state index in [4.69, 9.17) is 22.7 Å². The second-order valence-corrected chi connectivity index (χ2v) is 5.55. The van der Waals surface area contributed by atoms with E-state index in [2.05, 4.69) is 26.1 Å². The van der Waals surface area contributed by atoms with Crippen molar-refractivity contribution in [3.8, 4) is 11.6 Å². The first-order valence-electron chi connectivity index (χ1n) is 6.13. The molecule has 4 nitrogen and oxygen atoms in total. The molecule has 2 aromatic carbocycles. The van der Waals surface area contributed by atoms with E-state index in [0.29, 0.717) is 17.2 Å². The maximum atomic E-state index is 5.82. The van der Waals surface area contributed by atoms with Gasteiger partial charge in [0.1, 0.15) is 10.7 Å². The van der Waals surface area contributed by atoms with E-state index in [9.17, 15) is 0 Å². The number of fused-ring (bicyclic) bond motifs is 1. The van der Waals surface area contributed by atoms with Gasteiger partial charge in [0, 0.05) is 0 Å². The molecule has 0 fully saturated rings. The largest absolute Gasteiger partial charge is 0.436 e. The summed E-state index contributed by atoms with van der Waals surface area (Å²) in [5.41, 5.74) is 6.22. The highest BCUT2D eigenvalue weighted by molar-refractivity contribution is 9.10. The molecule has 0 amide bonds. The summed E-state index contributed by atoms with van der Waals surface area (Å²) in [7, 11) is 0. The van der Waals surface area contributed by atoms with E-state index in [1.807, 2.05) is 36.4 Å². The van der Waals surface area contributed by atoms with Crippen LogP contribution >= 0.6 is 28.1 Å². The molecule has 0 aliphatic heterocycles. The molecule has 6 heteroatoms. The average Bonchev–Trinajstić information content (AvgIpc) is 2.51. The van der Waals surface area contributed by atoms with Gasteiger partial charge in [0.05, 0.1) is 16.2 Å². The number of benzene rings is 2. The number of rotatable bonds is 3. The van der Waals surface area contributed by atoms with Crippen LogP contribution in [0.3, 0.4) is 0 Å². The van der Waals surface area contributed by atoms with Gasteiger partial charge in [-0.05, 0) is 38.8 Å². The molecule has 3 aromatic rings. The van der Waals surface area contributed by atoms with Gasteiger partial charge in [-0.15, -0.1) is 5.10 Å². The van der Waals surface area contributed by atoms with Crippen LogP contribution in [0.1, 0.15) is 5.56 Å². The molecule has 1 heterocycles. The van der Waals surface area contributed by atoms with Crippen LogP contribution in [0.2, 0.25) is 0 Å². The lowest BCUT2D eigenvalue weighted by molar-refractivity contribution is 0.452. The number of hydrogen-bond acceptors (Lipinski definition) is 4. The Balaban J connectivity index is 2.07. The predicted octanol–water partition coefficient (Wildman–Crippen LogP) is 3.82. The van der Waals surface area contributed by atoms with Crippen LogP contribution in [0.15, 0.2) is 53.1 Å². The standard InChI is InChI=1S/C15H10BrN3OS/c16-13-10-4-2-1-3-9(10)5-6-12(13)20-15-11(14(17)21)7-8-18-19-15/h1-8H,(H2,17,21). The zero-order valence-corrected chi connectivity index (χ0v) is 13.2. The van der Waals surface area contributed by atoms with Crippen molar-refractivity contribution in [2.24, 2.45) is 5.73 Å². The lowest BCUT2D eigenvalue weighted by Gasteiger charge is -2.11. The van der Waals surface area contributed by atoms with Crippen LogP contribution < -0.4 is 10.5 Å². The molecule has 21 heavy (non-hydrogen) atoms. The fourth-order valence-corrected chi connectivity index (χ4v) is 2.71. The first-order valence-corrected chi connectivity index (χ1v) is 7.33. The maximum Gasteiger partial charge on any atom is 0.249 e. The van der Waals surface area contributed by atoms with Crippen LogP contribution in [0.25, 0.3) is 10.8 Å². The van der Waals surface area contributed by atoms with Gasteiger partial charge in [0.2, 0.25) is 5.88 Å². The predicted molar refractivity (Wildman–Crippen MR) is 89.6 cm³/mol. The van der Waals surface area contributed by atoms with Gasteiger partial charge >= 0.3 is 0 Å². The van der Waals surface area contributed by atoms with Crippen molar-refractivity contribution >= 4 is 43.9 Å². The van der Waals surface area contributed by atoms with E-state index in [-0.39, 0.29) is 4.99 Å². The van der Waals surface area contributed by atoms with Gasteiger partial charge in [-0.2, -0.15) is 5.10 Å². The SMILES string of the molecule is NC(=S)c1ccnnc1Oc1ccc2ccccc2c1Br. The number of thiocarbonyl (C=S) groups is 1. The van der Waals surface area contributed by atoms with Crippen LogP contribution in [0.5, 0.6) is 11.6 Å². The van der Waals surface area contributed by atoms with Gasteiger partial charge in [0.15, 0.2) is 0 Å². The molecule has 104 valence electrons.